The molecule has 4 heteroatoms. The van der Waals surface area contributed by atoms with Crippen molar-refractivity contribution in [3.63, 3.8) is 0 Å². The third kappa shape index (κ3) is 4.81. The van der Waals surface area contributed by atoms with E-state index < -0.39 is 0 Å². The monoisotopic (exact) mass is 266 g/mol. The van der Waals surface area contributed by atoms with Gasteiger partial charge >= 0.3 is 5.97 Å². The highest BCUT2D eigenvalue weighted by Gasteiger charge is 2.21. The molecule has 0 aromatic heterocycles. The van der Waals surface area contributed by atoms with E-state index >= 15 is 0 Å². The van der Waals surface area contributed by atoms with Crippen LogP contribution in [0.4, 0.5) is 0 Å². The quantitative estimate of drug-likeness (QED) is 0.712. The predicted octanol–water partition coefficient (Wildman–Crippen LogP) is 2.91. The molecule has 0 aliphatic heterocycles. The highest BCUT2D eigenvalue weighted by molar-refractivity contribution is 5.72. The molecule has 106 valence electrons. The van der Waals surface area contributed by atoms with Gasteiger partial charge in [0.15, 0.2) is 11.5 Å². The lowest BCUT2D eigenvalue weighted by Crippen LogP contribution is -2.24. The Hall–Kier alpha value is -1.71. The van der Waals surface area contributed by atoms with Crippen LogP contribution in [0.25, 0.3) is 0 Å². The Labute approximate surface area is 114 Å². The lowest BCUT2D eigenvalue weighted by Gasteiger charge is -2.18. The fourth-order valence-corrected chi connectivity index (χ4v) is 1.90. The molecule has 0 spiro atoms. The van der Waals surface area contributed by atoms with Crippen molar-refractivity contribution in [3.8, 4) is 11.5 Å². The number of methoxy groups -OCH3 is 2. The van der Waals surface area contributed by atoms with Crippen molar-refractivity contribution in [2.24, 2.45) is 11.8 Å². The van der Waals surface area contributed by atoms with Crippen LogP contribution in [0.1, 0.15) is 20.3 Å². The van der Waals surface area contributed by atoms with Crippen molar-refractivity contribution >= 4 is 5.97 Å². The zero-order valence-corrected chi connectivity index (χ0v) is 12.0. The Kier molecular flexibility index (Phi) is 6.19. The molecule has 0 saturated heterocycles. The summed E-state index contributed by atoms with van der Waals surface area (Å²) in [4.78, 5) is 11.7. The number of esters is 1. The van der Waals surface area contributed by atoms with Crippen LogP contribution in [-0.4, -0.2) is 26.8 Å². The standard InChI is InChI=1S/C15H22O4/c1-11(2)9-12(15(16)18-4)10-19-14-8-6-5-7-13(14)17-3/h5-8,11-12H,9-10H2,1-4H3. The fourth-order valence-electron chi connectivity index (χ4n) is 1.90. The summed E-state index contributed by atoms with van der Waals surface area (Å²) in [5, 5.41) is 0. The molecule has 1 atom stereocenters. The summed E-state index contributed by atoms with van der Waals surface area (Å²) >= 11 is 0. The molecule has 4 nitrogen and oxygen atoms in total. The fraction of sp³-hybridized carbons (Fsp3) is 0.533. The first-order valence-electron chi connectivity index (χ1n) is 6.42. The zero-order valence-electron chi connectivity index (χ0n) is 12.0. The summed E-state index contributed by atoms with van der Waals surface area (Å²) in [6, 6.07) is 7.39. The van der Waals surface area contributed by atoms with Gasteiger partial charge in [-0.2, -0.15) is 0 Å². The van der Waals surface area contributed by atoms with Gasteiger partial charge in [0, 0.05) is 0 Å². The normalized spacial score (nSPS) is 12.1. The predicted molar refractivity (Wildman–Crippen MR) is 73.5 cm³/mol. The zero-order chi connectivity index (χ0) is 14.3. The summed E-state index contributed by atoms with van der Waals surface area (Å²) in [6.07, 6.45) is 0.738. The van der Waals surface area contributed by atoms with Gasteiger partial charge in [-0.3, -0.25) is 4.79 Å². The van der Waals surface area contributed by atoms with E-state index in [0.29, 0.717) is 24.0 Å². The summed E-state index contributed by atoms with van der Waals surface area (Å²) in [7, 11) is 2.99. The second-order valence-corrected chi connectivity index (χ2v) is 4.81. The van der Waals surface area contributed by atoms with Gasteiger partial charge < -0.3 is 14.2 Å². The maximum Gasteiger partial charge on any atom is 0.312 e. The van der Waals surface area contributed by atoms with Crippen LogP contribution in [0.5, 0.6) is 11.5 Å². The van der Waals surface area contributed by atoms with E-state index in [2.05, 4.69) is 13.8 Å². The Morgan fingerprint density at radius 3 is 2.32 bits per heavy atom. The third-order valence-corrected chi connectivity index (χ3v) is 2.80. The molecule has 0 fully saturated rings. The van der Waals surface area contributed by atoms with E-state index in [0.717, 1.165) is 6.42 Å². The third-order valence-electron chi connectivity index (χ3n) is 2.80. The van der Waals surface area contributed by atoms with Crippen LogP contribution in [-0.2, 0) is 9.53 Å². The largest absolute Gasteiger partial charge is 0.493 e. The van der Waals surface area contributed by atoms with Gasteiger partial charge in [0.1, 0.15) is 6.61 Å². The molecule has 1 aromatic rings. The molecule has 0 saturated carbocycles. The molecule has 0 heterocycles. The van der Waals surface area contributed by atoms with E-state index in [9.17, 15) is 4.79 Å². The van der Waals surface area contributed by atoms with Gasteiger partial charge in [-0.25, -0.2) is 0 Å². The molecule has 0 N–H and O–H groups in total. The SMILES string of the molecule is COC(=O)C(COc1ccccc1OC)CC(C)C. The van der Waals surface area contributed by atoms with Gasteiger partial charge in [-0.05, 0) is 24.5 Å². The highest BCUT2D eigenvalue weighted by Crippen LogP contribution is 2.27. The number of rotatable bonds is 7. The number of ether oxygens (including phenoxy) is 3. The molecule has 0 radical (unpaired) electrons. The number of carbonyl (C=O) groups excluding carboxylic acids is 1. The van der Waals surface area contributed by atoms with Crippen molar-refractivity contribution in [1.29, 1.82) is 0 Å². The molecule has 0 amide bonds. The number of benzene rings is 1. The second kappa shape index (κ2) is 7.67. The van der Waals surface area contributed by atoms with Crippen LogP contribution < -0.4 is 9.47 Å². The van der Waals surface area contributed by atoms with Crippen molar-refractivity contribution < 1.29 is 19.0 Å². The van der Waals surface area contributed by atoms with Crippen molar-refractivity contribution in [2.75, 3.05) is 20.8 Å². The summed E-state index contributed by atoms with van der Waals surface area (Å²) in [5.41, 5.74) is 0. The maximum absolute atomic E-state index is 11.7. The summed E-state index contributed by atoms with van der Waals surface area (Å²) in [5.74, 6) is 1.22. The smallest absolute Gasteiger partial charge is 0.312 e. The number of para-hydroxylation sites is 2. The van der Waals surface area contributed by atoms with Crippen LogP contribution >= 0.6 is 0 Å². The Morgan fingerprint density at radius 2 is 1.79 bits per heavy atom. The minimum atomic E-state index is -0.255. The minimum absolute atomic E-state index is 0.233. The summed E-state index contributed by atoms with van der Waals surface area (Å²) in [6.45, 7) is 4.43. The number of carbonyl (C=O) groups is 1. The molecule has 0 aliphatic rings. The number of hydrogen-bond donors (Lipinski definition) is 0. The Morgan fingerprint density at radius 1 is 1.16 bits per heavy atom. The lowest BCUT2D eigenvalue weighted by molar-refractivity contribution is -0.147. The molecule has 19 heavy (non-hydrogen) atoms. The lowest BCUT2D eigenvalue weighted by atomic mass is 9.98. The molecular formula is C15H22O4. The van der Waals surface area contributed by atoms with E-state index in [4.69, 9.17) is 14.2 Å². The minimum Gasteiger partial charge on any atom is -0.493 e. The van der Waals surface area contributed by atoms with Gasteiger partial charge in [0.25, 0.3) is 0 Å². The van der Waals surface area contributed by atoms with Gasteiger partial charge in [0.05, 0.1) is 20.1 Å². The van der Waals surface area contributed by atoms with Gasteiger partial charge in [0.2, 0.25) is 0 Å². The summed E-state index contributed by atoms with van der Waals surface area (Å²) < 4.78 is 15.7. The average Bonchev–Trinajstić information content (AvgIpc) is 2.42. The maximum atomic E-state index is 11.7. The molecule has 0 aliphatic carbocycles. The Balaban J connectivity index is 2.67. The Bertz CT molecular complexity index is 401. The van der Waals surface area contributed by atoms with Crippen LogP contribution in [0.2, 0.25) is 0 Å². The van der Waals surface area contributed by atoms with Crippen LogP contribution in [0, 0.1) is 11.8 Å². The van der Waals surface area contributed by atoms with Crippen LogP contribution in [0.15, 0.2) is 24.3 Å². The molecule has 1 aromatic carbocycles. The van der Waals surface area contributed by atoms with Crippen LogP contribution in [0.3, 0.4) is 0 Å². The number of hydrogen-bond acceptors (Lipinski definition) is 4. The van der Waals surface area contributed by atoms with E-state index in [-0.39, 0.29) is 11.9 Å². The van der Waals surface area contributed by atoms with Gasteiger partial charge in [-0.1, -0.05) is 26.0 Å². The van der Waals surface area contributed by atoms with E-state index in [1.807, 2.05) is 24.3 Å². The highest BCUT2D eigenvalue weighted by atomic mass is 16.5. The first kappa shape index (κ1) is 15.3. The van der Waals surface area contributed by atoms with Crippen molar-refractivity contribution in [3.05, 3.63) is 24.3 Å². The molecule has 1 rings (SSSR count). The first-order valence-corrected chi connectivity index (χ1v) is 6.42. The molecule has 1 unspecified atom stereocenters. The van der Waals surface area contributed by atoms with Crippen molar-refractivity contribution in [1.82, 2.24) is 0 Å². The molecular weight excluding hydrogens is 244 g/mol. The first-order chi connectivity index (χ1) is 9.08. The van der Waals surface area contributed by atoms with Crippen molar-refractivity contribution in [2.45, 2.75) is 20.3 Å². The van der Waals surface area contributed by atoms with Gasteiger partial charge in [-0.15, -0.1) is 0 Å². The average molecular weight is 266 g/mol. The molecule has 0 bridgehead atoms. The van der Waals surface area contributed by atoms with E-state index in [1.54, 1.807) is 7.11 Å². The topological polar surface area (TPSA) is 44.8 Å². The van der Waals surface area contributed by atoms with E-state index in [1.165, 1.54) is 7.11 Å². The second-order valence-electron chi connectivity index (χ2n) is 4.81.